The van der Waals surface area contributed by atoms with Gasteiger partial charge in [-0.05, 0) is 35.6 Å². The minimum Gasteiger partial charge on any atom is -0.377 e. The molecule has 1 saturated heterocycles. The van der Waals surface area contributed by atoms with Gasteiger partial charge in [0, 0.05) is 36.2 Å². The lowest BCUT2D eigenvalue weighted by Crippen LogP contribution is -2.37. The van der Waals surface area contributed by atoms with Crippen molar-refractivity contribution in [3.63, 3.8) is 0 Å². The summed E-state index contributed by atoms with van der Waals surface area (Å²) in [5.74, 6) is 2.76. The van der Waals surface area contributed by atoms with Crippen molar-refractivity contribution in [1.82, 2.24) is 25.0 Å². The van der Waals surface area contributed by atoms with Gasteiger partial charge in [0.15, 0.2) is 0 Å². The van der Waals surface area contributed by atoms with E-state index in [4.69, 9.17) is 4.74 Å². The summed E-state index contributed by atoms with van der Waals surface area (Å²) in [6.45, 7) is 0.893. The van der Waals surface area contributed by atoms with Crippen molar-refractivity contribution in [2.24, 2.45) is 0 Å². The molecule has 2 atom stereocenters. The zero-order chi connectivity index (χ0) is 19.6. The number of pyridine rings is 1. The van der Waals surface area contributed by atoms with E-state index in [2.05, 4.69) is 31.7 Å². The predicted molar refractivity (Wildman–Crippen MR) is 111 cm³/mol. The summed E-state index contributed by atoms with van der Waals surface area (Å²) in [4.78, 5) is 16.6. The Morgan fingerprint density at radius 2 is 2.03 bits per heavy atom. The average Bonchev–Trinajstić information content (AvgIpc) is 3.22. The molecule has 0 aromatic carbocycles. The third kappa shape index (κ3) is 3.75. The number of hydrogen-bond donors (Lipinski definition) is 1. The molecule has 1 fully saturated rings. The van der Waals surface area contributed by atoms with Crippen LogP contribution in [0.25, 0.3) is 11.3 Å². The van der Waals surface area contributed by atoms with E-state index in [0.717, 1.165) is 34.9 Å². The summed E-state index contributed by atoms with van der Waals surface area (Å²) in [5, 5.41) is 16.7. The maximum atomic E-state index is 12.6. The van der Waals surface area contributed by atoms with Gasteiger partial charge in [0.1, 0.15) is 11.9 Å². The quantitative estimate of drug-likeness (QED) is 0.700. The van der Waals surface area contributed by atoms with Gasteiger partial charge >= 0.3 is 0 Å². The van der Waals surface area contributed by atoms with E-state index >= 15 is 0 Å². The Hall–Kier alpha value is -2.78. The van der Waals surface area contributed by atoms with Gasteiger partial charge in [0.05, 0.1) is 30.6 Å². The van der Waals surface area contributed by atoms with Gasteiger partial charge in [0.25, 0.3) is 5.56 Å². The Morgan fingerprint density at radius 1 is 1.14 bits per heavy atom. The molecule has 0 saturated carbocycles. The van der Waals surface area contributed by atoms with E-state index in [0.29, 0.717) is 19.0 Å². The van der Waals surface area contributed by atoms with Crippen molar-refractivity contribution >= 4 is 17.6 Å². The standard InChI is InChI=1S/C20H20N6O2S/c27-20-2-1-16(13-3-6-21-7-4-13)25-26(20)18-11-28-10-17(18)22-19-9-14-12-29-8-5-15(14)23-24-19/h1-4,6-7,9,17-18H,5,8,10-12H2,(H,22,24). The van der Waals surface area contributed by atoms with Crippen LogP contribution in [0.5, 0.6) is 0 Å². The molecule has 3 aromatic rings. The Balaban J connectivity index is 1.42. The second-order valence-corrected chi connectivity index (χ2v) is 8.20. The van der Waals surface area contributed by atoms with E-state index in [9.17, 15) is 4.79 Å². The highest BCUT2D eigenvalue weighted by molar-refractivity contribution is 7.98. The molecule has 2 aliphatic heterocycles. The van der Waals surface area contributed by atoms with Crippen LogP contribution < -0.4 is 10.9 Å². The maximum absolute atomic E-state index is 12.6. The number of nitrogens with one attached hydrogen (secondary N) is 1. The molecule has 2 aliphatic rings. The highest BCUT2D eigenvalue weighted by Gasteiger charge is 2.32. The van der Waals surface area contributed by atoms with Crippen LogP contribution in [0.1, 0.15) is 17.3 Å². The van der Waals surface area contributed by atoms with Crippen LogP contribution in [0.15, 0.2) is 47.5 Å². The van der Waals surface area contributed by atoms with Crippen molar-refractivity contribution < 1.29 is 4.74 Å². The second kappa shape index (κ2) is 7.92. The largest absolute Gasteiger partial charge is 0.377 e. The fourth-order valence-corrected chi connectivity index (χ4v) is 4.62. The Kier molecular flexibility index (Phi) is 4.99. The van der Waals surface area contributed by atoms with Gasteiger partial charge in [-0.25, -0.2) is 4.68 Å². The summed E-state index contributed by atoms with van der Waals surface area (Å²) in [6.07, 6.45) is 4.38. The van der Waals surface area contributed by atoms with Gasteiger partial charge in [-0.15, -0.1) is 5.10 Å². The zero-order valence-electron chi connectivity index (χ0n) is 15.7. The fraction of sp³-hybridized carbons (Fsp3) is 0.350. The molecule has 0 radical (unpaired) electrons. The van der Waals surface area contributed by atoms with Crippen molar-refractivity contribution in [2.75, 3.05) is 24.3 Å². The second-order valence-electron chi connectivity index (χ2n) is 7.10. The minimum absolute atomic E-state index is 0.114. The van der Waals surface area contributed by atoms with Crippen LogP contribution in [-0.2, 0) is 16.9 Å². The van der Waals surface area contributed by atoms with E-state index in [-0.39, 0.29) is 17.6 Å². The lowest BCUT2D eigenvalue weighted by Gasteiger charge is -2.22. The summed E-state index contributed by atoms with van der Waals surface area (Å²) in [5.41, 5.74) is 3.79. The highest BCUT2D eigenvalue weighted by Crippen LogP contribution is 2.26. The normalized spacial score (nSPS) is 21.0. The number of thioether (sulfide) groups is 1. The molecular formula is C20H20N6O2S. The smallest absolute Gasteiger partial charge is 0.267 e. The lowest BCUT2D eigenvalue weighted by molar-refractivity contribution is 0.183. The molecule has 148 valence electrons. The first-order valence-corrected chi connectivity index (χ1v) is 10.7. The first-order chi connectivity index (χ1) is 14.3. The molecule has 0 aliphatic carbocycles. The van der Waals surface area contributed by atoms with E-state index in [1.54, 1.807) is 24.5 Å². The molecule has 0 bridgehead atoms. The Bertz CT molecular complexity index is 1070. The fourth-order valence-electron chi connectivity index (χ4n) is 3.66. The molecule has 5 rings (SSSR count). The Morgan fingerprint density at radius 3 is 2.93 bits per heavy atom. The Labute approximate surface area is 171 Å². The van der Waals surface area contributed by atoms with Gasteiger partial charge in [-0.2, -0.15) is 22.0 Å². The van der Waals surface area contributed by atoms with Crippen molar-refractivity contribution in [3.05, 3.63) is 64.3 Å². The van der Waals surface area contributed by atoms with Crippen LogP contribution >= 0.6 is 11.8 Å². The first kappa shape index (κ1) is 18.3. The number of fused-ring (bicyclic) bond motifs is 1. The van der Waals surface area contributed by atoms with Gasteiger partial charge < -0.3 is 10.1 Å². The summed E-state index contributed by atoms with van der Waals surface area (Å²) in [6, 6.07) is 8.76. The van der Waals surface area contributed by atoms with Crippen LogP contribution in [0.2, 0.25) is 0 Å². The minimum atomic E-state index is -0.225. The van der Waals surface area contributed by atoms with E-state index in [1.165, 1.54) is 10.2 Å². The molecule has 29 heavy (non-hydrogen) atoms. The number of nitrogens with zero attached hydrogens (tertiary/aromatic N) is 5. The highest BCUT2D eigenvalue weighted by atomic mass is 32.2. The molecular weight excluding hydrogens is 388 g/mol. The van der Waals surface area contributed by atoms with Gasteiger partial charge in [-0.3, -0.25) is 9.78 Å². The number of rotatable bonds is 4. The molecule has 2 unspecified atom stereocenters. The molecule has 0 amide bonds. The lowest BCUT2D eigenvalue weighted by atomic mass is 10.1. The molecule has 3 aromatic heterocycles. The summed E-state index contributed by atoms with van der Waals surface area (Å²) >= 11 is 1.91. The van der Waals surface area contributed by atoms with E-state index < -0.39 is 0 Å². The summed E-state index contributed by atoms with van der Waals surface area (Å²) in [7, 11) is 0. The molecule has 8 nitrogen and oxygen atoms in total. The monoisotopic (exact) mass is 408 g/mol. The molecule has 5 heterocycles. The van der Waals surface area contributed by atoms with Crippen LogP contribution in [0.3, 0.4) is 0 Å². The topological polar surface area (TPSA) is 94.8 Å². The van der Waals surface area contributed by atoms with Crippen molar-refractivity contribution in [3.8, 4) is 11.3 Å². The van der Waals surface area contributed by atoms with E-state index in [1.807, 2.05) is 23.9 Å². The van der Waals surface area contributed by atoms with Gasteiger partial charge in [0.2, 0.25) is 0 Å². The predicted octanol–water partition coefficient (Wildman–Crippen LogP) is 1.94. The van der Waals surface area contributed by atoms with Crippen molar-refractivity contribution in [2.45, 2.75) is 24.3 Å². The SMILES string of the molecule is O=c1ccc(-c2ccncc2)nn1C1COCC1Nc1cc2c(nn1)CCSC2. The molecule has 9 heteroatoms. The van der Waals surface area contributed by atoms with Crippen LogP contribution in [-0.4, -0.2) is 50.0 Å². The molecule has 0 spiro atoms. The number of hydrogen-bond acceptors (Lipinski definition) is 8. The third-order valence-electron chi connectivity index (χ3n) is 5.20. The average molecular weight is 408 g/mol. The molecule has 1 N–H and O–H groups in total. The van der Waals surface area contributed by atoms with Gasteiger partial charge in [-0.1, -0.05) is 0 Å². The maximum Gasteiger partial charge on any atom is 0.267 e. The first-order valence-electron chi connectivity index (χ1n) is 9.56. The summed E-state index contributed by atoms with van der Waals surface area (Å²) < 4.78 is 7.20. The number of anilines is 1. The zero-order valence-corrected chi connectivity index (χ0v) is 16.5. The third-order valence-corrected chi connectivity index (χ3v) is 6.21. The number of aryl methyl sites for hydroxylation is 1. The van der Waals surface area contributed by atoms with Crippen LogP contribution in [0, 0.1) is 0 Å². The number of ether oxygens (including phenoxy) is 1. The number of aromatic nitrogens is 5. The van der Waals surface area contributed by atoms with Crippen molar-refractivity contribution in [1.29, 1.82) is 0 Å². The van der Waals surface area contributed by atoms with Crippen LogP contribution in [0.4, 0.5) is 5.82 Å².